The molecule has 162 valence electrons. The van der Waals surface area contributed by atoms with Gasteiger partial charge in [-0.2, -0.15) is 0 Å². The topological polar surface area (TPSA) is 146 Å². The zero-order valence-corrected chi connectivity index (χ0v) is 16.7. The lowest BCUT2D eigenvalue weighted by atomic mass is 9.73. The van der Waals surface area contributed by atoms with Crippen LogP contribution in [0, 0.1) is 5.41 Å². The third-order valence-corrected chi connectivity index (χ3v) is 4.97. The van der Waals surface area contributed by atoms with Crippen molar-refractivity contribution in [1.29, 1.82) is 0 Å². The summed E-state index contributed by atoms with van der Waals surface area (Å²) in [6, 6.07) is 9.87. The quantitative estimate of drug-likeness (QED) is 0.458. The molecular formula is C20H23N7O4. The van der Waals surface area contributed by atoms with Crippen LogP contribution in [0.15, 0.2) is 55.2 Å². The van der Waals surface area contributed by atoms with Gasteiger partial charge in [0.1, 0.15) is 5.69 Å². The van der Waals surface area contributed by atoms with Crippen LogP contribution in [0.5, 0.6) is 0 Å². The number of carbonyl (C=O) groups excluding carboxylic acids is 2. The summed E-state index contributed by atoms with van der Waals surface area (Å²) in [5, 5.41) is 17.5. The van der Waals surface area contributed by atoms with Gasteiger partial charge in [0.2, 0.25) is 5.91 Å². The molecule has 11 nitrogen and oxygen atoms in total. The number of carbonyl (C=O) groups is 3. The number of likely N-dealkylation sites (tertiary alicyclic amines) is 1. The van der Waals surface area contributed by atoms with Gasteiger partial charge in [-0.05, 0) is 12.0 Å². The van der Waals surface area contributed by atoms with Gasteiger partial charge in [0.25, 0.3) is 12.4 Å². The molecule has 2 amide bonds. The number of hydrogen-bond donors (Lipinski definition) is 3. The number of H-pyrrole nitrogens is 1. The molecule has 11 heteroatoms. The van der Waals surface area contributed by atoms with Gasteiger partial charge in [-0.1, -0.05) is 35.5 Å². The van der Waals surface area contributed by atoms with E-state index in [2.05, 4.69) is 25.6 Å². The molecule has 0 saturated carbocycles. The smallest absolute Gasteiger partial charge is 0.290 e. The number of nitrogens with zero attached hydrogens (tertiary/aromatic N) is 5. The monoisotopic (exact) mass is 425 g/mol. The van der Waals surface area contributed by atoms with Gasteiger partial charge in [0, 0.05) is 25.8 Å². The summed E-state index contributed by atoms with van der Waals surface area (Å²) in [6.07, 6.45) is 6.90. The van der Waals surface area contributed by atoms with Crippen molar-refractivity contribution in [1.82, 2.24) is 35.2 Å². The maximum absolute atomic E-state index is 13.0. The SMILES string of the molecule is O=C(c1cnc[nH]1)N1CC(Cc2ccccc2)(C(=O)NCCn2ccnn2)C1.O=CO. The Hall–Kier alpha value is -4.02. The van der Waals surface area contributed by atoms with Gasteiger partial charge in [-0.3, -0.25) is 19.1 Å². The van der Waals surface area contributed by atoms with E-state index in [-0.39, 0.29) is 18.3 Å². The summed E-state index contributed by atoms with van der Waals surface area (Å²) >= 11 is 0. The van der Waals surface area contributed by atoms with Gasteiger partial charge in [0.15, 0.2) is 0 Å². The second kappa shape index (κ2) is 10.1. The van der Waals surface area contributed by atoms with Gasteiger partial charge in [0.05, 0.1) is 30.7 Å². The van der Waals surface area contributed by atoms with Crippen LogP contribution in [0.25, 0.3) is 0 Å². The molecule has 1 aromatic carbocycles. The van der Waals surface area contributed by atoms with Gasteiger partial charge < -0.3 is 20.3 Å². The minimum Gasteiger partial charge on any atom is -0.483 e. The Morgan fingerprint density at radius 3 is 2.61 bits per heavy atom. The summed E-state index contributed by atoms with van der Waals surface area (Å²) in [6.45, 7) is 1.49. The highest BCUT2D eigenvalue weighted by Gasteiger charge is 2.51. The second-order valence-corrected chi connectivity index (χ2v) is 7.10. The summed E-state index contributed by atoms with van der Waals surface area (Å²) in [4.78, 5) is 42.3. The maximum Gasteiger partial charge on any atom is 0.290 e. The molecule has 0 bridgehead atoms. The van der Waals surface area contributed by atoms with Crippen molar-refractivity contribution < 1.29 is 19.5 Å². The van der Waals surface area contributed by atoms with Crippen molar-refractivity contribution in [2.45, 2.75) is 13.0 Å². The molecule has 2 aromatic heterocycles. The van der Waals surface area contributed by atoms with Crippen LogP contribution >= 0.6 is 0 Å². The molecule has 4 rings (SSSR count). The number of hydrogen-bond acceptors (Lipinski definition) is 6. The predicted octanol–water partition coefficient (Wildman–Crippen LogP) is 0.203. The van der Waals surface area contributed by atoms with Crippen molar-refractivity contribution in [2.24, 2.45) is 5.41 Å². The van der Waals surface area contributed by atoms with Crippen LogP contribution in [0.1, 0.15) is 16.1 Å². The first-order valence-corrected chi connectivity index (χ1v) is 9.60. The summed E-state index contributed by atoms with van der Waals surface area (Å²) in [5.41, 5.74) is 0.863. The van der Waals surface area contributed by atoms with E-state index in [1.807, 2.05) is 30.3 Å². The van der Waals surface area contributed by atoms with E-state index in [9.17, 15) is 9.59 Å². The van der Waals surface area contributed by atoms with E-state index in [1.165, 1.54) is 12.5 Å². The molecule has 3 N–H and O–H groups in total. The number of benzene rings is 1. The minimum atomic E-state index is -0.639. The summed E-state index contributed by atoms with van der Waals surface area (Å²) < 4.78 is 1.67. The number of carboxylic acid groups (broad SMARTS) is 1. The molecule has 31 heavy (non-hydrogen) atoms. The number of nitrogens with one attached hydrogen (secondary N) is 2. The average molecular weight is 425 g/mol. The van der Waals surface area contributed by atoms with Gasteiger partial charge in [-0.25, -0.2) is 4.98 Å². The first kappa shape index (κ1) is 21.7. The van der Waals surface area contributed by atoms with Crippen molar-refractivity contribution in [3.05, 3.63) is 66.5 Å². The Balaban J connectivity index is 0.000000858. The second-order valence-electron chi connectivity index (χ2n) is 7.10. The van der Waals surface area contributed by atoms with Crippen LogP contribution in [0.2, 0.25) is 0 Å². The number of imidazole rings is 1. The Bertz CT molecular complexity index is 968. The zero-order chi connectivity index (χ0) is 22.1. The molecule has 0 unspecified atom stereocenters. The maximum atomic E-state index is 13.0. The minimum absolute atomic E-state index is 0.0508. The molecule has 0 spiro atoms. The highest BCUT2D eigenvalue weighted by Crippen LogP contribution is 2.35. The third-order valence-electron chi connectivity index (χ3n) is 4.97. The van der Waals surface area contributed by atoms with E-state index in [0.29, 0.717) is 38.3 Å². The van der Waals surface area contributed by atoms with Crippen LogP contribution in [0.3, 0.4) is 0 Å². The zero-order valence-electron chi connectivity index (χ0n) is 16.7. The molecule has 1 saturated heterocycles. The third kappa shape index (κ3) is 5.32. The van der Waals surface area contributed by atoms with Crippen molar-refractivity contribution >= 4 is 18.3 Å². The van der Waals surface area contributed by atoms with E-state index in [4.69, 9.17) is 9.90 Å². The number of aromatic nitrogens is 5. The predicted molar refractivity (Wildman–Crippen MR) is 109 cm³/mol. The lowest BCUT2D eigenvalue weighted by Gasteiger charge is -2.48. The van der Waals surface area contributed by atoms with Crippen LogP contribution in [-0.4, -0.2) is 72.9 Å². The average Bonchev–Trinajstić information content (AvgIpc) is 3.45. The molecule has 0 radical (unpaired) electrons. The van der Waals surface area contributed by atoms with Crippen LogP contribution in [-0.2, 0) is 22.6 Å². The number of aromatic amines is 1. The standard InChI is InChI=1S/C19H21N7O2.CH2O2/c27-17(16-11-20-14-22-16)25-12-19(13-25,10-15-4-2-1-3-5-15)18(28)21-6-8-26-9-7-23-24-26;2-1-3/h1-5,7,9,11,14H,6,8,10,12-13H2,(H,20,22)(H,21,28);1H,(H,2,3). The van der Waals surface area contributed by atoms with Crippen molar-refractivity contribution in [3.63, 3.8) is 0 Å². The Labute approximate surface area is 178 Å². The molecule has 1 fully saturated rings. The highest BCUT2D eigenvalue weighted by atomic mass is 16.3. The summed E-state index contributed by atoms with van der Waals surface area (Å²) in [7, 11) is 0. The lowest BCUT2D eigenvalue weighted by molar-refractivity contribution is -0.139. The fourth-order valence-corrected chi connectivity index (χ4v) is 3.52. The van der Waals surface area contributed by atoms with E-state index in [1.54, 1.807) is 22.0 Å². The molecule has 3 aromatic rings. The van der Waals surface area contributed by atoms with Crippen LogP contribution in [0.4, 0.5) is 0 Å². The first-order valence-electron chi connectivity index (χ1n) is 9.60. The summed E-state index contributed by atoms with van der Waals surface area (Å²) in [5.74, 6) is -0.193. The Morgan fingerprint density at radius 2 is 2.00 bits per heavy atom. The number of amides is 2. The molecule has 1 aliphatic rings. The van der Waals surface area contributed by atoms with Gasteiger partial charge in [-0.15, -0.1) is 5.10 Å². The van der Waals surface area contributed by atoms with E-state index < -0.39 is 5.41 Å². The molecule has 3 heterocycles. The fourth-order valence-electron chi connectivity index (χ4n) is 3.52. The van der Waals surface area contributed by atoms with Crippen LogP contribution < -0.4 is 5.32 Å². The fraction of sp³-hybridized carbons (Fsp3) is 0.300. The van der Waals surface area contributed by atoms with E-state index in [0.717, 1.165) is 5.56 Å². The van der Waals surface area contributed by atoms with Gasteiger partial charge >= 0.3 is 0 Å². The highest BCUT2D eigenvalue weighted by molar-refractivity contribution is 5.95. The molecule has 1 aliphatic heterocycles. The molecular weight excluding hydrogens is 402 g/mol. The van der Waals surface area contributed by atoms with E-state index >= 15 is 0 Å². The first-order chi connectivity index (χ1) is 15.1. The Kier molecular flexibility index (Phi) is 7.09. The van der Waals surface area contributed by atoms with Crippen molar-refractivity contribution in [3.8, 4) is 0 Å². The molecule has 0 aliphatic carbocycles. The molecule has 0 atom stereocenters. The van der Waals surface area contributed by atoms with Crippen molar-refractivity contribution in [2.75, 3.05) is 19.6 Å². The Morgan fingerprint density at radius 1 is 1.26 bits per heavy atom. The lowest BCUT2D eigenvalue weighted by Crippen LogP contribution is -2.65. The largest absolute Gasteiger partial charge is 0.483 e. The number of rotatable bonds is 7. The normalized spacial score (nSPS) is 14.0.